The first-order chi connectivity index (χ1) is 13.0. The molecule has 0 amide bonds. The van der Waals surface area contributed by atoms with E-state index in [2.05, 4.69) is 4.90 Å². The number of halogens is 1. The van der Waals surface area contributed by atoms with Crippen LogP contribution in [0.3, 0.4) is 0 Å². The van der Waals surface area contributed by atoms with Crippen LogP contribution < -0.4 is 9.47 Å². The number of aromatic hydroxyl groups is 1. The topological polar surface area (TPSA) is 62.2 Å². The van der Waals surface area contributed by atoms with Crippen molar-refractivity contribution in [3.05, 3.63) is 53.6 Å². The van der Waals surface area contributed by atoms with Crippen molar-refractivity contribution in [2.75, 3.05) is 26.7 Å². The van der Waals surface area contributed by atoms with E-state index in [1.165, 1.54) is 0 Å². The summed E-state index contributed by atoms with van der Waals surface area (Å²) < 4.78 is 11.2. The number of ether oxygens (including phenoxy) is 2. The van der Waals surface area contributed by atoms with Gasteiger partial charge in [0.25, 0.3) is 0 Å². The van der Waals surface area contributed by atoms with Crippen LogP contribution in [0, 0.1) is 0 Å². The number of methoxy groups -OCH3 is 1. The molecule has 2 aliphatic rings. The van der Waals surface area contributed by atoms with Gasteiger partial charge in [0.2, 0.25) is 0 Å². The van der Waals surface area contributed by atoms with Gasteiger partial charge in [0.15, 0.2) is 0 Å². The monoisotopic (exact) mass is 405 g/mol. The Morgan fingerprint density at radius 1 is 1.14 bits per heavy atom. The molecule has 2 N–H and O–H groups in total. The van der Waals surface area contributed by atoms with E-state index < -0.39 is 5.60 Å². The molecule has 28 heavy (non-hydrogen) atoms. The van der Waals surface area contributed by atoms with Crippen LogP contribution in [0.25, 0.3) is 0 Å². The van der Waals surface area contributed by atoms with Crippen LogP contribution in [-0.4, -0.2) is 53.6 Å². The first-order valence-corrected chi connectivity index (χ1v) is 9.59. The van der Waals surface area contributed by atoms with Crippen LogP contribution in [0.15, 0.2) is 42.5 Å². The minimum Gasteiger partial charge on any atom is -0.508 e. The van der Waals surface area contributed by atoms with Gasteiger partial charge in [-0.1, -0.05) is 12.1 Å². The predicted octanol–water partition coefficient (Wildman–Crippen LogP) is 3.20. The lowest BCUT2D eigenvalue weighted by Crippen LogP contribution is -2.48. The molecule has 0 radical (unpaired) electrons. The minimum absolute atomic E-state index is 0. The van der Waals surface area contributed by atoms with Crippen LogP contribution >= 0.6 is 12.4 Å². The number of hydrogen-bond acceptors (Lipinski definition) is 5. The molecule has 152 valence electrons. The number of phenolic OH excluding ortho intramolecular Hbond substituents is 1. The number of likely N-dealkylation sites (tertiary alicyclic amines) is 1. The Morgan fingerprint density at radius 2 is 1.86 bits per heavy atom. The summed E-state index contributed by atoms with van der Waals surface area (Å²) in [6.07, 6.45) is 3.15. The fourth-order valence-electron chi connectivity index (χ4n) is 4.15. The summed E-state index contributed by atoms with van der Waals surface area (Å²) in [5, 5.41) is 20.6. The van der Waals surface area contributed by atoms with E-state index in [-0.39, 0.29) is 18.5 Å². The Morgan fingerprint density at radius 3 is 2.54 bits per heavy atom. The SMILES string of the molecule is COc1ccc(CC2(O)CCN(CC3Cc4cc(O)ccc4O3)CC2)cc1.Cl. The van der Waals surface area contributed by atoms with Crippen molar-refractivity contribution in [3.8, 4) is 17.2 Å². The number of phenols is 1. The van der Waals surface area contributed by atoms with Crippen LogP contribution in [0.5, 0.6) is 17.2 Å². The highest BCUT2D eigenvalue weighted by Gasteiger charge is 2.34. The quantitative estimate of drug-likeness (QED) is 0.799. The second kappa shape index (κ2) is 8.60. The number of hydrogen-bond donors (Lipinski definition) is 2. The molecule has 0 saturated carbocycles. The molecule has 2 aromatic rings. The highest BCUT2D eigenvalue weighted by atomic mass is 35.5. The zero-order valence-electron chi connectivity index (χ0n) is 16.1. The number of fused-ring (bicyclic) bond motifs is 1. The molecular weight excluding hydrogens is 378 g/mol. The fourth-order valence-corrected chi connectivity index (χ4v) is 4.15. The van der Waals surface area contributed by atoms with E-state index in [1.54, 1.807) is 19.2 Å². The summed E-state index contributed by atoms with van der Waals surface area (Å²) in [7, 11) is 1.66. The number of nitrogens with zero attached hydrogens (tertiary/aromatic N) is 1. The Hall–Kier alpha value is -1.95. The summed E-state index contributed by atoms with van der Waals surface area (Å²) in [4.78, 5) is 2.37. The van der Waals surface area contributed by atoms with Crippen LogP contribution in [0.2, 0.25) is 0 Å². The molecule has 1 fully saturated rings. The maximum Gasteiger partial charge on any atom is 0.123 e. The number of aliphatic hydroxyl groups is 1. The lowest BCUT2D eigenvalue weighted by atomic mass is 9.85. The molecule has 1 atom stereocenters. The molecule has 2 aromatic carbocycles. The number of rotatable bonds is 5. The number of piperidine rings is 1. The van der Waals surface area contributed by atoms with E-state index in [4.69, 9.17) is 9.47 Å². The third kappa shape index (κ3) is 4.72. The van der Waals surface area contributed by atoms with Crippen molar-refractivity contribution < 1.29 is 19.7 Å². The maximum absolute atomic E-state index is 11.0. The average Bonchev–Trinajstić information content (AvgIpc) is 3.06. The fraction of sp³-hybridized carbons (Fsp3) is 0.455. The molecule has 6 heteroatoms. The molecule has 5 nitrogen and oxygen atoms in total. The predicted molar refractivity (Wildman–Crippen MR) is 111 cm³/mol. The molecule has 0 bridgehead atoms. The van der Waals surface area contributed by atoms with Crippen LogP contribution in [0.4, 0.5) is 0 Å². The summed E-state index contributed by atoms with van der Waals surface area (Å²) >= 11 is 0. The first kappa shape index (κ1) is 20.8. The van der Waals surface area contributed by atoms with Gasteiger partial charge in [0.05, 0.1) is 12.7 Å². The average molecular weight is 406 g/mol. The normalized spacial score (nSPS) is 20.7. The van der Waals surface area contributed by atoms with Gasteiger partial charge >= 0.3 is 0 Å². The Labute approximate surface area is 172 Å². The van der Waals surface area contributed by atoms with Crippen molar-refractivity contribution in [2.45, 2.75) is 37.4 Å². The largest absolute Gasteiger partial charge is 0.508 e. The lowest BCUT2D eigenvalue weighted by Gasteiger charge is -2.39. The van der Waals surface area contributed by atoms with E-state index in [9.17, 15) is 10.2 Å². The Balaban J connectivity index is 0.00000225. The highest BCUT2D eigenvalue weighted by Crippen LogP contribution is 2.33. The first-order valence-electron chi connectivity index (χ1n) is 9.59. The van der Waals surface area contributed by atoms with Crippen LogP contribution in [0.1, 0.15) is 24.0 Å². The zero-order chi connectivity index (χ0) is 18.9. The molecule has 2 heterocycles. The third-order valence-corrected chi connectivity index (χ3v) is 5.73. The molecule has 1 saturated heterocycles. The molecule has 0 aromatic heterocycles. The molecule has 2 aliphatic heterocycles. The Kier molecular flexibility index (Phi) is 6.38. The van der Waals surface area contributed by atoms with Crippen molar-refractivity contribution in [3.63, 3.8) is 0 Å². The molecular formula is C22H28ClNO4. The van der Waals surface area contributed by atoms with Gasteiger partial charge in [-0.25, -0.2) is 0 Å². The Bertz CT molecular complexity index is 788. The second-order valence-electron chi connectivity index (χ2n) is 7.79. The third-order valence-electron chi connectivity index (χ3n) is 5.73. The summed E-state index contributed by atoms with van der Waals surface area (Å²) in [5.41, 5.74) is 1.57. The van der Waals surface area contributed by atoms with Gasteiger partial charge in [0, 0.05) is 38.0 Å². The van der Waals surface area contributed by atoms with Gasteiger partial charge in [0.1, 0.15) is 23.4 Å². The van der Waals surface area contributed by atoms with E-state index in [1.807, 2.05) is 30.3 Å². The molecule has 0 aliphatic carbocycles. The maximum atomic E-state index is 11.0. The van der Waals surface area contributed by atoms with Crippen molar-refractivity contribution >= 4 is 12.4 Å². The second-order valence-corrected chi connectivity index (χ2v) is 7.79. The van der Waals surface area contributed by atoms with Gasteiger partial charge in [-0.05, 0) is 48.7 Å². The lowest BCUT2D eigenvalue weighted by molar-refractivity contribution is -0.0265. The van der Waals surface area contributed by atoms with Gasteiger partial charge in [-0.3, -0.25) is 4.90 Å². The minimum atomic E-state index is -0.642. The summed E-state index contributed by atoms with van der Waals surface area (Å²) in [5.74, 6) is 2.01. The molecule has 1 unspecified atom stereocenters. The van der Waals surface area contributed by atoms with Crippen molar-refractivity contribution in [2.24, 2.45) is 0 Å². The zero-order valence-corrected chi connectivity index (χ0v) is 17.0. The van der Waals surface area contributed by atoms with Crippen molar-refractivity contribution in [1.29, 1.82) is 0 Å². The van der Waals surface area contributed by atoms with Gasteiger partial charge in [-0.2, -0.15) is 0 Å². The summed E-state index contributed by atoms with van der Waals surface area (Å²) in [6.45, 7) is 2.59. The molecule has 0 spiro atoms. The van der Waals surface area contributed by atoms with Crippen molar-refractivity contribution in [1.82, 2.24) is 4.90 Å². The summed E-state index contributed by atoms with van der Waals surface area (Å²) in [6, 6.07) is 13.3. The smallest absolute Gasteiger partial charge is 0.123 e. The highest BCUT2D eigenvalue weighted by molar-refractivity contribution is 5.85. The van der Waals surface area contributed by atoms with Gasteiger partial charge in [-0.15, -0.1) is 12.4 Å². The number of benzene rings is 2. The van der Waals surface area contributed by atoms with Gasteiger partial charge < -0.3 is 19.7 Å². The van der Waals surface area contributed by atoms with E-state index >= 15 is 0 Å². The molecule has 4 rings (SSSR count). The van der Waals surface area contributed by atoms with Crippen LogP contribution in [-0.2, 0) is 12.8 Å². The standard InChI is InChI=1S/C22H27NO4.ClH/c1-26-19-5-2-16(3-6-19)14-22(25)8-10-23(11-9-22)15-20-13-17-12-18(24)4-7-21(17)27-20;/h2-7,12,20,24-25H,8-11,13-15H2,1H3;1H. The van der Waals surface area contributed by atoms with E-state index in [0.717, 1.165) is 61.5 Å². The van der Waals surface area contributed by atoms with E-state index in [0.29, 0.717) is 12.2 Å².